The van der Waals surface area contributed by atoms with E-state index in [4.69, 9.17) is 27.9 Å². The predicted molar refractivity (Wildman–Crippen MR) is 96.8 cm³/mol. The Morgan fingerprint density at radius 3 is 2.79 bits per heavy atom. The second-order valence-corrected chi connectivity index (χ2v) is 7.17. The highest BCUT2D eigenvalue weighted by atomic mass is 35.5. The lowest BCUT2D eigenvalue weighted by Crippen LogP contribution is -2.44. The zero-order chi connectivity index (χ0) is 17.5. The molecule has 2 atom stereocenters. The molecule has 0 saturated heterocycles. The van der Waals surface area contributed by atoms with Gasteiger partial charge in [-0.05, 0) is 37.5 Å². The van der Waals surface area contributed by atoms with Gasteiger partial charge < -0.3 is 14.7 Å². The van der Waals surface area contributed by atoms with Gasteiger partial charge in [-0.3, -0.25) is 4.79 Å². The Bertz CT molecular complexity index is 553. The van der Waals surface area contributed by atoms with E-state index in [1.165, 1.54) is 0 Å². The number of aliphatic hydroxyl groups is 1. The fraction of sp³-hybridized carbons (Fsp3) is 0.611. The Morgan fingerprint density at radius 1 is 1.33 bits per heavy atom. The van der Waals surface area contributed by atoms with Gasteiger partial charge in [-0.25, -0.2) is 0 Å². The lowest BCUT2D eigenvalue weighted by atomic mass is 9.84. The summed E-state index contributed by atoms with van der Waals surface area (Å²) in [6.45, 7) is 0.579. The molecule has 1 aliphatic carbocycles. The van der Waals surface area contributed by atoms with Crippen molar-refractivity contribution < 1.29 is 14.6 Å². The molecule has 0 radical (unpaired) electrons. The number of carbonyl (C=O) groups excluding carboxylic acids is 1. The number of halogens is 2. The molecule has 1 amide bonds. The summed E-state index contributed by atoms with van der Waals surface area (Å²) in [5.41, 5.74) is 0. The van der Waals surface area contributed by atoms with Crippen LogP contribution in [0, 0.1) is 5.92 Å². The summed E-state index contributed by atoms with van der Waals surface area (Å²) in [4.78, 5) is 14.2. The molecule has 0 spiro atoms. The second-order valence-electron chi connectivity index (χ2n) is 6.33. The number of rotatable bonds is 7. The third-order valence-corrected chi connectivity index (χ3v) is 5.21. The summed E-state index contributed by atoms with van der Waals surface area (Å²) in [5, 5.41) is 10.5. The molecular formula is C18H25Cl2NO3. The third-order valence-electron chi connectivity index (χ3n) is 4.68. The van der Waals surface area contributed by atoms with Crippen molar-refractivity contribution in [3.63, 3.8) is 0 Å². The summed E-state index contributed by atoms with van der Waals surface area (Å²) >= 11 is 11.9. The van der Waals surface area contributed by atoms with E-state index in [0.29, 0.717) is 35.2 Å². The van der Waals surface area contributed by atoms with E-state index in [1.807, 2.05) is 11.9 Å². The molecule has 1 fully saturated rings. The van der Waals surface area contributed by atoms with Crippen molar-refractivity contribution in [1.82, 2.24) is 4.90 Å². The van der Waals surface area contributed by atoms with Crippen molar-refractivity contribution in [1.29, 1.82) is 0 Å². The van der Waals surface area contributed by atoms with Gasteiger partial charge >= 0.3 is 0 Å². The van der Waals surface area contributed by atoms with Crippen LogP contribution in [0.25, 0.3) is 0 Å². The van der Waals surface area contributed by atoms with Gasteiger partial charge in [0.1, 0.15) is 5.75 Å². The lowest BCUT2D eigenvalue weighted by molar-refractivity contribution is -0.134. The first-order valence-corrected chi connectivity index (χ1v) is 9.23. The molecule has 0 bridgehead atoms. The smallest absolute Gasteiger partial charge is 0.222 e. The average Bonchev–Trinajstić information content (AvgIpc) is 2.59. The van der Waals surface area contributed by atoms with Crippen LogP contribution in [0.3, 0.4) is 0 Å². The number of carbonyl (C=O) groups is 1. The van der Waals surface area contributed by atoms with E-state index in [2.05, 4.69) is 0 Å². The van der Waals surface area contributed by atoms with E-state index in [1.54, 1.807) is 18.2 Å². The maximum atomic E-state index is 12.4. The van der Waals surface area contributed by atoms with Crippen LogP contribution in [0.5, 0.6) is 5.75 Å². The quantitative estimate of drug-likeness (QED) is 0.729. The predicted octanol–water partition coefficient (Wildman–Crippen LogP) is 4.16. The topological polar surface area (TPSA) is 49.8 Å². The molecule has 134 valence electrons. The van der Waals surface area contributed by atoms with Gasteiger partial charge in [0.2, 0.25) is 5.91 Å². The Morgan fingerprint density at radius 2 is 2.08 bits per heavy atom. The first kappa shape index (κ1) is 19.4. The Kier molecular flexibility index (Phi) is 7.66. The van der Waals surface area contributed by atoms with Crippen molar-refractivity contribution in [3.8, 4) is 5.75 Å². The molecule has 1 aromatic rings. The van der Waals surface area contributed by atoms with Crippen molar-refractivity contribution in [3.05, 3.63) is 28.2 Å². The number of nitrogens with zero attached hydrogens (tertiary/aromatic N) is 1. The van der Waals surface area contributed by atoms with Crippen LogP contribution in [0.2, 0.25) is 10.0 Å². The van der Waals surface area contributed by atoms with Gasteiger partial charge in [0, 0.05) is 37.1 Å². The highest BCUT2D eigenvalue weighted by Crippen LogP contribution is 2.29. The molecule has 6 heteroatoms. The van der Waals surface area contributed by atoms with Crippen molar-refractivity contribution in [2.45, 2.75) is 44.6 Å². The van der Waals surface area contributed by atoms with E-state index >= 15 is 0 Å². The first-order valence-electron chi connectivity index (χ1n) is 8.47. The lowest BCUT2D eigenvalue weighted by Gasteiger charge is -2.37. The van der Waals surface area contributed by atoms with Crippen LogP contribution in [0.4, 0.5) is 0 Å². The van der Waals surface area contributed by atoms with Gasteiger partial charge in [0.15, 0.2) is 0 Å². The number of amides is 1. The molecule has 1 aromatic carbocycles. The molecule has 2 unspecified atom stereocenters. The summed E-state index contributed by atoms with van der Waals surface area (Å²) in [6.07, 6.45) is 5.28. The molecule has 1 N–H and O–H groups in total. The number of hydrogen-bond donors (Lipinski definition) is 1. The standard InChI is InChI=1S/C18H25Cl2NO3/c1-21(16-6-3-2-5-13(16)12-22)18(23)7-4-10-24-17-9-8-14(19)11-15(17)20/h8-9,11,13,16,22H,2-7,10,12H2,1H3. The largest absolute Gasteiger partial charge is 0.492 e. The number of ether oxygens (including phenoxy) is 1. The zero-order valence-corrected chi connectivity index (χ0v) is 15.5. The van der Waals surface area contributed by atoms with Gasteiger partial charge in [-0.2, -0.15) is 0 Å². The molecule has 24 heavy (non-hydrogen) atoms. The highest BCUT2D eigenvalue weighted by Gasteiger charge is 2.29. The normalized spacial score (nSPS) is 20.7. The summed E-state index contributed by atoms with van der Waals surface area (Å²) < 4.78 is 5.61. The number of benzene rings is 1. The minimum atomic E-state index is 0.103. The minimum absolute atomic E-state index is 0.103. The summed E-state index contributed by atoms with van der Waals surface area (Å²) in [5.74, 6) is 0.887. The Hall–Kier alpha value is -0.970. The second kappa shape index (κ2) is 9.50. The molecule has 0 aromatic heterocycles. The highest BCUT2D eigenvalue weighted by molar-refractivity contribution is 6.35. The van der Waals surface area contributed by atoms with Crippen LogP contribution in [-0.2, 0) is 4.79 Å². The zero-order valence-electron chi connectivity index (χ0n) is 14.0. The molecular weight excluding hydrogens is 349 g/mol. The van der Waals surface area contributed by atoms with Crippen LogP contribution in [0.1, 0.15) is 38.5 Å². The molecule has 0 heterocycles. The minimum Gasteiger partial charge on any atom is -0.492 e. The molecule has 2 rings (SSSR count). The van der Waals surface area contributed by atoms with E-state index < -0.39 is 0 Å². The van der Waals surface area contributed by atoms with E-state index in [-0.39, 0.29) is 24.5 Å². The van der Waals surface area contributed by atoms with Gasteiger partial charge in [0.05, 0.1) is 11.6 Å². The summed E-state index contributed by atoms with van der Waals surface area (Å²) in [7, 11) is 1.85. The van der Waals surface area contributed by atoms with Crippen molar-refractivity contribution in [2.24, 2.45) is 5.92 Å². The maximum Gasteiger partial charge on any atom is 0.222 e. The van der Waals surface area contributed by atoms with Crippen molar-refractivity contribution in [2.75, 3.05) is 20.3 Å². The van der Waals surface area contributed by atoms with Gasteiger partial charge in [0.25, 0.3) is 0 Å². The fourth-order valence-electron chi connectivity index (χ4n) is 3.27. The van der Waals surface area contributed by atoms with Crippen LogP contribution in [-0.4, -0.2) is 42.2 Å². The average molecular weight is 374 g/mol. The van der Waals surface area contributed by atoms with Crippen LogP contribution in [0.15, 0.2) is 18.2 Å². The van der Waals surface area contributed by atoms with Gasteiger partial charge in [-0.15, -0.1) is 0 Å². The molecule has 1 saturated carbocycles. The van der Waals surface area contributed by atoms with E-state index in [0.717, 1.165) is 25.7 Å². The summed E-state index contributed by atoms with van der Waals surface area (Å²) in [6, 6.07) is 5.24. The monoisotopic (exact) mass is 373 g/mol. The van der Waals surface area contributed by atoms with Crippen molar-refractivity contribution >= 4 is 29.1 Å². The molecule has 4 nitrogen and oxygen atoms in total. The Balaban J connectivity index is 1.76. The third kappa shape index (κ3) is 5.27. The fourth-order valence-corrected chi connectivity index (χ4v) is 3.73. The van der Waals surface area contributed by atoms with Crippen LogP contribution >= 0.6 is 23.2 Å². The first-order chi connectivity index (χ1) is 11.5. The maximum absolute atomic E-state index is 12.4. The molecule has 0 aliphatic heterocycles. The molecule has 1 aliphatic rings. The van der Waals surface area contributed by atoms with E-state index in [9.17, 15) is 9.90 Å². The Labute approximate surface area is 153 Å². The number of aliphatic hydroxyl groups excluding tert-OH is 1. The van der Waals surface area contributed by atoms with Gasteiger partial charge in [-0.1, -0.05) is 36.0 Å². The number of hydrogen-bond acceptors (Lipinski definition) is 3. The SMILES string of the molecule is CN(C(=O)CCCOc1ccc(Cl)cc1Cl)C1CCCCC1CO. The van der Waals surface area contributed by atoms with Crippen LogP contribution < -0.4 is 4.74 Å².